The van der Waals surface area contributed by atoms with Crippen LogP contribution in [0.3, 0.4) is 0 Å². The highest BCUT2D eigenvalue weighted by atomic mass is 32.2. The summed E-state index contributed by atoms with van der Waals surface area (Å²) < 4.78 is 0. The summed E-state index contributed by atoms with van der Waals surface area (Å²) in [6, 6.07) is 0. The molecule has 0 heterocycles. The lowest BCUT2D eigenvalue weighted by molar-refractivity contribution is 0.181. The predicted octanol–water partition coefficient (Wildman–Crippen LogP) is 1.88. The molecule has 0 saturated carbocycles. The molecule has 0 aromatic rings. The maximum absolute atomic E-state index is 8.99. The van der Waals surface area contributed by atoms with Crippen molar-refractivity contribution in [3.05, 3.63) is 0 Å². The molecule has 0 bridgehead atoms. The second-order valence-electron chi connectivity index (χ2n) is 3.29. The van der Waals surface area contributed by atoms with E-state index in [2.05, 4.69) is 12.2 Å². The molecular weight excluding hydrogens is 182 g/mol. The SMILES string of the molecule is CCSCCCNCCCC(C)O. The standard InChI is InChI=1S/C10H23NOS/c1-3-13-9-5-8-11-7-4-6-10(2)12/h10-12H,3-9H2,1-2H3. The van der Waals surface area contributed by atoms with Crippen molar-refractivity contribution in [1.29, 1.82) is 0 Å². The number of thioether (sulfide) groups is 1. The normalized spacial score (nSPS) is 13.2. The Morgan fingerprint density at radius 2 is 2.00 bits per heavy atom. The third kappa shape index (κ3) is 12.3. The van der Waals surface area contributed by atoms with Crippen LogP contribution in [0.1, 0.15) is 33.1 Å². The van der Waals surface area contributed by atoms with E-state index in [1.54, 1.807) is 0 Å². The van der Waals surface area contributed by atoms with Gasteiger partial charge in [-0.25, -0.2) is 0 Å². The second-order valence-corrected chi connectivity index (χ2v) is 4.69. The van der Waals surface area contributed by atoms with Gasteiger partial charge in [-0.1, -0.05) is 6.92 Å². The maximum Gasteiger partial charge on any atom is 0.0512 e. The summed E-state index contributed by atoms with van der Waals surface area (Å²) in [4.78, 5) is 0. The predicted molar refractivity (Wildman–Crippen MR) is 61.4 cm³/mol. The summed E-state index contributed by atoms with van der Waals surface area (Å²) in [6.07, 6.45) is 3.11. The minimum absolute atomic E-state index is 0.141. The molecule has 0 aliphatic rings. The first-order valence-corrected chi connectivity index (χ1v) is 6.39. The molecular formula is C10H23NOS. The number of hydrogen-bond donors (Lipinski definition) is 2. The zero-order valence-electron chi connectivity index (χ0n) is 8.88. The fourth-order valence-electron chi connectivity index (χ4n) is 1.09. The number of nitrogens with one attached hydrogen (secondary N) is 1. The molecule has 1 atom stereocenters. The Labute approximate surface area is 86.5 Å². The van der Waals surface area contributed by atoms with Gasteiger partial charge in [0.25, 0.3) is 0 Å². The van der Waals surface area contributed by atoms with Crippen molar-refractivity contribution in [2.75, 3.05) is 24.6 Å². The van der Waals surface area contributed by atoms with E-state index in [1.807, 2.05) is 18.7 Å². The van der Waals surface area contributed by atoms with Gasteiger partial charge in [-0.05, 0) is 50.8 Å². The number of hydrogen-bond acceptors (Lipinski definition) is 3. The van der Waals surface area contributed by atoms with Gasteiger partial charge in [0.15, 0.2) is 0 Å². The van der Waals surface area contributed by atoms with Gasteiger partial charge in [0, 0.05) is 0 Å². The highest BCUT2D eigenvalue weighted by Gasteiger charge is 1.94. The highest BCUT2D eigenvalue weighted by Crippen LogP contribution is 1.99. The van der Waals surface area contributed by atoms with E-state index >= 15 is 0 Å². The molecule has 0 aromatic heterocycles. The van der Waals surface area contributed by atoms with Gasteiger partial charge in [-0.15, -0.1) is 0 Å². The van der Waals surface area contributed by atoms with Gasteiger partial charge in [0.1, 0.15) is 0 Å². The molecule has 2 nitrogen and oxygen atoms in total. The Morgan fingerprint density at radius 1 is 1.31 bits per heavy atom. The lowest BCUT2D eigenvalue weighted by atomic mass is 10.2. The zero-order chi connectivity index (χ0) is 9.94. The molecule has 0 radical (unpaired) electrons. The number of aliphatic hydroxyl groups is 1. The molecule has 80 valence electrons. The van der Waals surface area contributed by atoms with E-state index in [4.69, 9.17) is 5.11 Å². The van der Waals surface area contributed by atoms with Crippen molar-refractivity contribution in [1.82, 2.24) is 5.32 Å². The van der Waals surface area contributed by atoms with Gasteiger partial charge in [-0.2, -0.15) is 11.8 Å². The topological polar surface area (TPSA) is 32.3 Å². The molecule has 0 fully saturated rings. The van der Waals surface area contributed by atoms with E-state index < -0.39 is 0 Å². The first kappa shape index (κ1) is 13.3. The largest absolute Gasteiger partial charge is 0.393 e. The minimum Gasteiger partial charge on any atom is -0.393 e. The van der Waals surface area contributed by atoms with E-state index in [-0.39, 0.29) is 6.10 Å². The average molecular weight is 205 g/mol. The van der Waals surface area contributed by atoms with Crippen LogP contribution in [0.25, 0.3) is 0 Å². The van der Waals surface area contributed by atoms with Crippen molar-refractivity contribution in [2.24, 2.45) is 0 Å². The Hall–Kier alpha value is 0.270. The highest BCUT2D eigenvalue weighted by molar-refractivity contribution is 7.99. The fourth-order valence-corrected chi connectivity index (χ4v) is 1.73. The van der Waals surface area contributed by atoms with Crippen molar-refractivity contribution >= 4 is 11.8 Å². The fraction of sp³-hybridized carbons (Fsp3) is 1.00. The van der Waals surface area contributed by atoms with Crippen LogP contribution in [-0.4, -0.2) is 35.8 Å². The summed E-state index contributed by atoms with van der Waals surface area (Å²) in [5.74, 6) is 2.49. The molecule has 0 amide bonds. The van der Waals surface area contributed by atoms with Gasteiger partial charge in [-0.3, -0.25) is 0 Å². The Kier molecular flexibility index (Phi) is 10.6. The zero-order valence-corrected chi connectivity index (χ0v) is 9.70. The third-order valence-electron chi connectivity index (χ3n) is 1.82. The van der Waals surface area contributed by atoms with Gasteiger partial charge in [0.2, 0.25) is 0 Å². The van der Waals surface area contributed by atoms with Gasteiger partial charge >= 0.3 is 0 Å². The molecule has 3 heteroatoms. The quantitative estimate of drug-likeness (QED) is 0.564. The molecule has 1 unspecified atom stereocenters. The second kappa shape index (κ2) is 10.4. The first-order chi connectivity index (χ1) is 6.27. The molecule has 2 N–H and O–H groups in total. The van der Waals surface area contributed by atoms with Crippen molar-refractivity contribution < 1.29 is 5.11 Å². The lowest BCUT2D eigenvalue weighted by Crippen LogP contribution is -2.18. The van der Waals surface area contributed by atoms with Crippen LogP contribution in [0.15, 0.2) is 0 Å². The van der Waals surface area contributed by atoms with E-state index in [9.17, 15) is 0 Å². The molecule has 13 heavy (non-hydrogen) atoms. The smallest absolute Gasteiger partial charge is 0.0512 e. The van der Waals surface area contributed by atoms with Crippen LogP contribution in [-0.2, 0) is 0 Å². The number of rotatable bonds is 9. The summed E-state index contributed by atoms with van der Waals surface area (Å²) in [5.41, 5.74) is 0. The molecule has 0 saturated heterocycles. The monoisotopic (exact) mass is 205 g/mol. The summed E-state index contributed by atoms with van der Waals surface area (Å²) in [5, 5.41) is 12.4. The molecule has 0 aliphatic carbocycles. The molecule has 0 aliphatic heterocycles. The third-order valence-corrected chi connectivity index (χ3v) is 2.81. The minimum atomic E-state index is -0.141. The van der Waals surface area contributed by atoms with Crippen LogP contribution in [0, 0.1) is 0 Å². The summed E-state index contributed by atoms with van der Waals surface area (Å²) >= 11 is 2.00. The molecule has 0 spiro atoms. The lowest BCUT2D eigenvalue weighted by Gasteiger charge is -2.05. The van der Waals surface area contributed by atoms with Crippen molar-refractivity contribution in [3.63, 3.8) is 0 Å². The van der Waals surface area contributed by atoms with E-state index in [0.717, 1.165) is 25.9 Å². The molecule has 0 rings (SSSR count). The van der Waals surface area contributed by atoms with E-state index in [0.29, 0.717) is 0 Å². The van der Waals surface area contributed by atoms with Crippen LogP contribution < -0.4 is 5.32 Å². The summed E-state index contributed by atoms with van der Waals surface area (Å²) in [7, 11) is 0. The first-order valence-electron chi connectivity index (χ1n) is 5.24. The van der Waals surface area contributed by atoms with Gasteiger partial charge in [0.05, 0.1) is 6.10 Å². The van der Waals surface area contributed by atoms with Crippen LogP contribution in [0.2, 0.25) is 0 Å². The van der Waals surface area contributed by atoms with E-state index in [1.165, 1.54) is 17.9 Å². The maximum atomic E-state index is 8.99. The average Bonchev–Trinajstić information content (AvgIpc) is 2.09. The van der Waals surface area contributed by atoms with Crippen molar-refractivity contribution in [2.45, 2.75) is 39.2 Å². The van der Waals surface area contributed by atoms with Crippen LogP contribution in [0.5, 0.6) is 0 Å². The number of aliphatic hydroxyl groups excluding tert-OH is 1. The van der Waals surface area contributed by atoms with Crippen LogP contribution in [0.4, 0.5) is 0 Å². The van der Waals surface area contributed by atoms with Gasteiger partial charge < -0.3 is 10.4 Å². The Bertz CT molecular complexity index is 98.9. The Morgan fingerprint density at radius 3 is 2.62 bits per heavy atom. The molecule has 0 aromatic carbocycles. The van der Waals surface area contributed by atoms with Crippen molar-refractivity contribution in [3.8, 4) is 0 Å². The van der Waals surface area contributed by atoms with Crippen LogP contribution >= 0.6 is 11.8 Å². The summed E-state index contributed by atoms with van der Waals surface area (Å²) in [6.45, 7) is 6.20. The Balaban J connectivity index is 2.84.